The molecule has 0 aromatic heterocycles. The molecule has 0 unspecified atom stereocenters. The van der Waals surface area contributed by atoms with Gasteiger partial charge in [-0.3, -0.25) is 0 Å². The summed E-state index contributed by atoms with van der Waals surface area (Å²) in [6.45, 7) is 3.91. The van der Waals surface area contributed by atoms with E-state index in [1.807, 2.05) is 32.0 Å². The van der Waals surface area contributed by atoms with Crippen molar-refractivity contribution in [2.24, 2.45) is 0 Å². The molecule has 0 spiro atoms. The number of methoxy groups -OCH3 is 2. The highest BCUT2D eigenvalue weighted by molar-refractivity contribution is 7.90. The first-order chi connectivity index (χ1) is 8.36. The van der Waals surface area contributed by atoms with Gasteiger partial charge in [-0.2, -0.15) is 0 Å². The molecule has 0 heterocycles. The van der Waals surface area contributed by atoms with Crippen molar-refractivity contribution >= 4 is 9.84 Å². The largest absolute Gasteiger partial charge is 0.355 e. The molecule has 0 fully saturated rings. The van der Waals surface area contributed by atoms with Gasteiger partial charge in [0, 0.05) is 14.2 Å². The molecule has 1 aromatic rings. The fraction of sp³-hybridized carbons (Fsp3) is 0.538. The van der Waals surface area contributed by atoms with Crippen LogP contribution >= 0.6 is 0 Å². The number of aryl methyl sites for hydroxylation is 2. The monoisotopic (exact) mass is 272 g/mol. The lowest BCUT2D eigenvalue weighted by Crippen LogP contribution is -2.25. The van der Waals surface area contributed by atoms with E-state index in [4.69, 9.17) is 9.47 Å². The summed E-state index contributed by atoms with van der Waals surface area (Å²) in [6, 6.07) is 5.79. The topological polar surface area (TPSA) is 52.6 Å². The molecule has 18 heavy (non-hydrogen) atoms. The van der Waals surface area contributed by atoms with Crippen LogP contribution < -0.4 is 0 Å². The van der Waals surface area contributed by atoms with E-state index in [2.05, 4.69) is 0 Å². The van der Waals surface area contributed by atoms with E-state index in [0.717, 1.165) is 16.7 Å². The average molecular weight is 272 g/mol. The van der Waals surface area contributed by atoms with Gasteiger partial charge in [0.1, 0.15) is 5.75 Å². The van der Waals surface area contributed by atoms with Gasteiger partial charge < -0.3 is 9.47 Å². The van der Waals surface area contributed by atoms with E-state index in [1.54, 1.807) is 0 Å². The molecule has 0 radical (unpaired) electrons. The molecule has 0 aliphatic heterocycles. The van der Waals surface area contributed by atoms with Gasteiger partial charge in [-0.25, -0.2) is 8.42 Å². The predicted molar refractivity (Wildman–Crippen MR) is 71.2 cm³/mol. The zero-order valence-corrected chi connectivity index (χ0v) is 12.1. The normalized spacial score (nSPS) is 12.1. The number of hydrogen-bond acceptors (Lipinski definition) is 4. The van der Waals surface area contributed by atoms with Crippen molar-refractivity contribution in [3.8, 4) is 0 Å². The van der Waals surface area contributed by atoms with Crippen molar-refractivity contribution < 1.29 is 17.9 Å². The van der Waals surface area contributed by atoms with Crippen molar-refractivity contribution in [1.82, 2.24) is 0 Å². The van der Waals surface area contributed by atoms with Crippen molar-refractivity contribution in [3.63, 3.8) is 0 Å². The second-order valence-corrected chi connectivity index (χ2v) is 6.56. The van der Waals surface area contributed by atoms with Crippen LogP contribution in [-0.4, -0.2) is 34.7 Å². The van der Waals surface area contributed by atoms with Gasteiger partial charge in [0.15, 0.2) is 16.1 Å². The Bertz CT molecular complexity index is 469. The molecule has 0 atom stereocenters. The molecule has 4 nitrogen and oxygen atoms in total. The average Bonchev–Trinajstić information content (AvgIpc) is 2.23. The number of ether oxygens (including phenoxy) is 2. The van der Waals surface area contributed by atoms with E-state index in [0.29, 0.717) is 0 Å². The predicted octanol–water partition coefficient (Wildman–Crippen LogP) is 1.84. The molecule has 5 heteroatoms. The van der Waals surface area contributed by atoms with Crippen molar-refractivity contribution in [2.75, 3.05) is 20.0 Å². The second kappa shape index (κ2) is 6.31. The highest BCUT2D eigenvalue weighted by Crippen LogP contribution is 2.13. The molecule has 0 aliphatic rings. The summed E-state index contributed by atoms with van der Waals surface area (Å²) < 4.78 is 33.8. The Balaban J connectivity index is 2.82. The molecule has 102 valence electrons. The van der Waals surface area contributed by atoms with Crippen LogP contribution in [0.15, 0.2) is 18.2 Å². The van der Waals surface area contributed by atoms with Gasteiger partial charge in [0.05, 0.1) is 5.75 Å². The van der Waals surface area contributed by atoms with E-state index in [9.17, 15) is 8.42 Å². The smallest absolute Gasteiger partial charge is 0.170 e. The Morgan fingerprint density at radius 3 is 2.00 bits per heavy atom. The third-order valence-electron chi connectivity index (χ3n) is 2.58. The lowest BCUT2D eigenvalue weighted by atomic mass is 10.1. The van der Waals surface area contributed by atoms with E-state index in [1.165, 1.54) is 14.2 Å². The zero-order chi connectivity index (χ0) is 13.8. The summed E-state index contributed by atoms with van der Waals surface area (Å²) in [5.41, 5.74) is 2.93. The van der Waals surface area contributed by atoms with Crippen LogP contribution in [0.3, 0.4) is 0 Å². The minimum absolute atomic E-state index is 0.0126. The zero-order valence-electron chi connectivity index (χ0n) is 11.3. The third-order valence-corrected chi connectivity index (χ3v) is 4.14. The van der Waals surface area contributed by atoms with Crippen LogP contribution in [-0.2, 0) is 25.1 Å². The number of sulfone groups is 1. The molecule has 1 rings (SSSR count). The Hall–Kier alpha value is -0.910. The Labute approximate surface area is 109 Å². The van der Waals surface area contributed by atoms with Crippen molar-refractivity contribution in [2.45, 2.75) is 25.9 Å². The first-order valence-corrected chi connectivity index (χ1v) is 7.51. The number of hydrogen-bond donors (Lipinski definition) is 0. The van der Waals surface area contributed by atoms with Gasteiger partial charge in [-0.05, 0) is 19.4 Å². The minimum atomic E-state index is -3.24. The third kappa shape index (κ3) is 4.76. The molecule has 0 N–H and O–H groups in total. The van der Waals surface area contributed by atoms with Crippen molar-refractivity contribution in [1.29, 1.82) is 0 Å². The maximum atomic E-state index is 12.0. The summed E-state index contributed by atoms with van der Waals surface area (Å²) in [6.07, 6.45) is -0.707. The summed E-state index contributed by atoms with van der Waals surface area (Å²) in [7, 11) is -0.379. The molecule has 0 bridgehead atoms. The van der Waals surface area contributed by atoms with Crippen LogP contribution in [0.2, 0.25) is 0 Å². The molecule has 0 aliphatic carbocycles. The lowest BCUT2D eigenvalue weighted by molar-refractivity contribution is -0.0852. The molecular weight excluding hydrogens is 252 g/mol. The second-order valence-electron chi connectivity index (χ2n) is 4.45. The number of benzene rings is 1. The fourth-order valence-electron chi connectivity index (χ4n) is 1.90. The molecule has 0 saturated carbocycles. The van der Waals surface area contributed by atoms with Crippen LogP contribution in [0, 0.1) is 13.8 Å². The van der Waals surface area contributed by atoms with E-state index in [-0.39, 0.29) is 11.5 Å². The first kappa shape index (κ1) is 15.1. The maximum absolute atomic E-state index is 12.0. The quantitative estimate of drug-likeness (QED) is 0.741. The maximum Gasteiger partial charge on any atom is 0.170 e. The highest BCUT2D eigenvalue weighted by Gasteiger charge is 2.19. The summed E-state index contributed by atoms with van der Waals surface area (Å²) in [5.74, 6) is -0.119. The van der Waals surface area contributed by atoms with Gasteiger partial charge in [0.25, 0.3) is 0 Å². The van der Waals surface area contributed by atoms with Crippen LogP contribution in [0.1, 0.15) is 16.7 Å². The van der Waals surface area contributed by atoms with Crippen LogP contribution in [0.4, 0.5) is 0 Å². The SMILES string of the molecule is COC(CS(=O)(=O)Cc1cc(C)cc(C)c1)OC. The Morgan fingerprint density at radius 1 is 1.06 bits per heavy atom. The number of rotatable bonds is 6. The highest BCUT2D eigenvalue weighted by atomic mass is 32.2. The Kier molecular flexibility index (Phi) is 5.31. The van der Waals surface area contributed by atoms with Gasteiger partial charge in [-0.1, -0.05) is 29.3 Å². The lowest BCUT2D eigenvalue weighted by Gasteiger charge is -2.13. The van der Waals surface area contributed by atoms with Crippen molar-refractivity contribution in [3.05, 3.63) is 34.9 Å². The fourth-order valence-corrected chi connectivity index (χ4v) is 3.38. The summed E-state index contributed by atoms with van der Waals surface area (Å²) >= 11 is 0. The van der Waals surface area contributed by atoms with E-state index >= 15 is 0 Å². The standard InChI is InChI=1S/C13H20O4S/c1-10-5-11(2)7-12(6-10)8-18(14,15)9-13(16-3)17-4/h5-7,13H,8-9H2,1-4H3. The van der Waals surface area contributed by atoms with Crippen LogP contribution in [0.25, 0.3) is 0 Å². The molecule has 1 aromatic carbocycles. The molecule has 0 amide bonds. The van der Waals surface area contributed by atoms with E-state index < -0.39 is 16.1 Å². The first-order valence-electron chi connectivity index (χ1n) is 5.69. The van der Waals surface area contributed by atoms with Gasteiger partial charge in [-0.15, -0.1) is 0 Å². The summed E-state index contributed by atoms with van der Waals surface area (Å²) in [4.78, 5) is 0. The van der Waals surface area contributed by atoms with Gasteiger partial charge in [0.2, 0.25) is 0 Å². The van der Waals surface area contributed by atoms with Crippen LogP contribution in [0.5, 0.6) is 0 Å². The molecule has 0 saturated heterocycles. The Morgan fingerprint density at radius 2 is 1.56 bits per heavy atom. The van der Waals surface area contributed by atoms with Gasteiger partial charge >= 0.3 is 0 Å². The minimum Gasteiger partial charge on any atom is -0.355 e. The summed E-state index contributed by atoms with van der Waals surface area (Å²) in [5, 5.41) is 0. The molecular formula is C13H20O4S.